The number of piperazine rings is 1. The molecule has 0 aromatic rings. The number of amides is 3. The van der Waals surface area contributed by atoms with Crippen molar-refractivity contribution in [2.45, 2.75) is 0 Å². The third-order valence-electron chi connectivity index (χ3n) is 2.47. The standard InChI is InChI=1S/C10H17N3O5/c1-18-5-4-13(7-9(15)16)10(17)12-3-2-11-8(14)6-12/h2-7H2,1H3,(H,11,14)(H,15,16). The van der Waals surface area contributed by atoms with Gasteiger partial charge in [0, 0.05) is 26.7 Å². The Morgan fingerprint density at radius 2 is 2.28 bits per heavy atom. The first kappa shape index (κ1) is 14.2. The van der Waals surface area contributed by atoms with Gasteiger partial charge >= 0.3 is 12.0 Å². The number of carbonyl (C=O) groups is 3. The fourth-order valence-corrected chi connectivity index (χ4v) is 1.61. The molecule has 1 heterocycles. The minimum atomic E-state index is -1.10. The van der Waals surface area contributed by atoms with Gasteiger partial charge in [-0.15, -0.1) is 0 Å². The van der Waals surface area contributed by atoms with Gasteiger partial charge in [0.05, 0.1) is 6.61 Å². The van der Waals surface area contributed by atoms with E-state index in [1.807, 2.05) is 0 Å². The van der Waals surface area contributed by atoms with Crippen molar-refractivity contribution in [3.05, 3.63) is 0 Å². The summed E-state index contributed by atoms with van der Waals surface area (Å²) in [5.41, 5.74) is 0. The molecule has 0 spiro atoms. The zero-order valence-electron chi connectivity index (χ0n) is 10.2. The molecule has 0 aromatic carbocycles. The van der Waals surface area contributed by atoms with Crippen molar-refractivity contribution in [2.24, 2.45) is 0 Å². The van der Waals surface area contributed by atoms with E-state index in [2.05, 4.69) is 5.32 Å². The van der Waals surface area contributed by atoms with Crippen molar-refractivity contribution < 1.29 is 24.2 Å². The SMILES string of the molecule is COCCN(CC(=O)O)C(=O)N1CCNC(=O)C1. The Kier molecular flexibility index (Phi) is 5.37. The third-order valence-corrected chi connectivity index (χ3v) is 2.47. The lowest BCUT2D eigenvalue weighted by molar-refractivity contribution is -0.137. The summed E-state index contributed by atoms with van der Waals surface area (Å²) in [5, 5.41) is 11.3. The molecule has 0 saturated carbocycles. The fourth-order valence-electron chi connectivity index (χ4n) is 1.61. The van der Waals surface area contributed by atoms with Gasteiger partial charge in [0.1, 0.15) is 13.1 Å². The second-order valence-electron chi connectivity index (χ2n) is 3.86. The minimum Gasteiger partial charge on any atom is -0.480 e. The van der Waals surface area contributed by atoms with Crippen LogP contribution in [0.2, 0.25) is 0 Å². The van der Waals surface area contributed by atoms with E-state index >= 15 is 0 Å². The smallest absolute Gasteiger partial charge is 0.323 e. The first-order valence-electron chi connectivity index (χ1n) is 5.56. The molecule has 0 atom stereocenters. The average molecular weight is 259 g/mol. The number of urea groups is 1. The van der Waals surface area contributed by atoms with E-state index < -0.39 is 18.5 Å². The summed E-state index contributed by atoms with van der Waals surface area (Å²) >= 11 is 0. The number of carboxylic acid groups (broad SMARTS) is 1. The maximum atomic E-state index is 12.0. The summed E-state index contributed by atoms with van der Waals surface area (Å²) in [6, 6.07) is -0.454. The zero-order valence-corrected chi connectivity index (χ0v) is 10.2. The summed E-state index contributed by atoms with van der Waals surface area (Å²) in [7, 11) is 1.47. The number of hydrogen-bond donors (Lipinski definition) is 2. The highest BCUT2D eigenvalue weighted by molar-refractivity contribution is 5.86. The van der Waals surface area contributed by atoms with Gasteiger partial charge < -0.3 is 25.0 Å². The van der Waals surface area contributed by atoms with Gasteiger partial charge in [-0.2, -0.15) is 0 Å². The molecule has 102 valence electrons. The van der Waals surface area contributed by atoms with Crippen LogP contribution in [0, 0.1) is 0 Å². The largest absolute Gasteiger partial charge is 0.480 e. The molecule has 0 bridgehead atoms. The maximum Gasteiger partial charge on any atom is 0.323 e. The van der Waals surface area contributed by atoms with Crippen molar-refractivity contribution in [2.75, 3.05) is 46.4 Å². The van der Waals surface area contributed by atoms with Gasteiger partial charge in [0.15, 0.2) is 0 Å². The molecule has 0 aromatic heterocycles. The Morgan fingerprint density at radius 1 is 1.56 bits per heavy atom. The van der Waals surface area contributed by atoms with E-state index in [1.165, 1.54) is 12.0 Å². The van der Waals surface area contributed by atoms with E-state index in [1.54, 1.807) is 0 Å². The van der Waals surface area contributed by atoms with Crippen molar-refractivity contribution >= 4 is 17.9 Å². The molecule has 0 unspecified atom stereocenters. The normalized spacial score (nSPS) is 15.2. The Hall–Kier alpha value is -1.83. The quantitative estimate of drug-likeness (QED) is 0.630. The van der Waals surface area contributed by atoms with Crippen LogP contribution < -0.4 is 5.32 Å². The van der Waals surface area contributed by atoms with E-state index in [0.29, 0.717) is 13.1 Å². The van der Waals surface area contributed by atoms with Gasteiger partial charge in [-0.3, -0.25) is 9.59 Å². The van der Waals surface area contributed by atoms with Crippen LogP contribution in [0.4, 0.5) is 4.79 Å². The van der Waals surface area contributed by atoms with Crippen LogP contribution >= 0.6 is 0 Å². The van der Waals surface area contributed by atoms with Gasteiger partial charge in [0.2, 0.25) is 5.91 Å². The Bertz CT molecular complexity index is 333. The molecular formula is C10H17N3O5. The van der Waals surface area contributed by atoms with Crippen molar-refractivity contribution in [1.29, 1.82) is 0 Å². The molecule has 0 radical (unpaired) electrons. The van der Waals surface area contributed by atoms with E-state index in [0.717, 1.165) is 4.90 Å². The Balaban J connectivity index is 2.61. The summed E-state index contributed by atoms with van der Waals surface area (Å²) in [6.07, 6.45) is 0. The zero-order chi connectivity index (χ0) is 13.5. The predicted molar refractivity (Wildman–Crippen MR) is 61.1 cm³/mol. The van der Waals surface area contributed by atoms with Crippen molar-refractivity contribution in [3.8, 4) is 0 Å². The third kappa shape index (κ3) is 4.21. The molecular weight excluding hydrogens is 242 g/mol. The number of nitrogens with zero attached hydrogens (tertiary/aromatic N) is 2. The molecule has 1 fully saturated rings. The number of rotatable bonds is 5. The minimum absolute atomic E-state index is 0.0397. The Morgan fingerprint density at radius 3 is 2.83 bits per heavy atom. The first-order chi connectivity index (χ1) is 8.54. The van der Waals surface area contributed by atoms with Crippen LogP contribution in [0.1, 0.15) is 0 Å². The van der Waals surface area contributed by atoms with Gasteiger partial charge in [-0.1, -0.05) is 0 Å². The Labute approximate surface area is 104 Å². The predicted octanol–water partition coefficient (Wildman–Crippen LogP) is -1.43. The molecule has 1 aliphatic rings. The topological polar surface area (TPSA) is 99.2 Å². The van der Waals surface area contributed by atoms with Crippen LogP contribution in [-0.2, 0) is 14.3 Å². The molecule has 18 heavy (non-hydrogen) atoms. The second-order valence-corrected chi connectivity index (χ2v) is 3.86. The number of methoxy groups -OCH3 is 1. The number of carbonyl (C=O) groups excluding carboxylic acids is 2. The van der Waals surface area contributed by atoms with Crippen molar-refractivity contribution in [1.82, 2.24) is 15.1 Å². The number of nitrogens with one attached hydrogen (secondary N) is 1. The second kappa shape index (κ2) is 6.80. The van der Waals surface area contributed by atoms with Gasteiger partial charge in [0.25, 0.3) is 0 Å². The monoisotopic (exact) mass is 259 g/mol. The lowest BCUT2D eigenvalue weighted by Crippen LogP contribution is -2.55. The highest BCUT2D eigenvalue weighted by atomic mass is 16.5. The lowest BCUT2D eigenvalue weighted by Gasteiger charge is -2.31. The summed E-state index contributed by atoms with van der Waals surface area (Å²) in [6.45, 7) is 0.754. The van der Waals surface area contributed by atoms with Gasteiger partial charge in [-0.05, 0) is 0 Å². The highest BCUT2D eigenvalue weighted by Crippen LogP contribution is 2.02. The van der Waals surface area contributed by atoms with Crippen LogP contribution in [0.3, 0.4) is 0 Å². The van der Waals surface area contributed by atoms with E-state index in [4.69, 9.17) is 9.84 Å². The summed E-state index contributed by atoms with van der Waals surface area (Å²) in [5.74, 6) is -1.34. The summed E-state index contributed by atoms with van der Waals surface area (Å²) < 4.78 is 4.83. The van der Waals surface area contributed by atoms with E-state index in [-0.39, 0.29) is 25.6 Å². The maximum absolute atomic E-state index is 12.0. The van der Waals surface area contributed by atoms with Crippen molar-refractivity contribution in [3.63, 3.8) is 0 Å². The molecule has 3 amide bonds. The van der Waals surface area contributed by atoms with Crippen LogP contribution in [0.25, 0.3) is 0 Å². The van der Waals surface area contributed by atoms with Crippen LogP contribution in [0.15, 0.2) is 0 Å². The average Bonchev–Trinajstić information content (AvgIpc) is 2.33. The molecule has 0 aliphatic carbocycles. The number of carboxylic acids is 1. The van der Waals surface area contributed by atoms with E-state index in [9.17, 15) is 14.4 Å². The lowest BCUT2D eigenvalue weighted by atomic mass is 10.3. The summed E-state index contributed by atoms with van der Waals surface area (Å²) in [4.78, 5) is 36.4. The number of aliphatic carboxylic acids is 1. The molecule has 8 nitrogen and oxygen atoms in total. The van der Waals surface area contributed by atoms with Crippen LogP contribution in [-0.4, -0.2) is 79.3 Å². The fraction of sp³-hybridized carbons (Fsp3) is 0.700. The number of hydrogen-bond acceptors (Lipinski definition) is 4. The first-order valence-corrected chi connectivity index (χ1v) is 5.56. The molecule has 1 saturated heterocycles. The van der Waals surface area contributed by atoms with Gasteiger partial charge in [-0.25, -0.2) is 4.79 Å². The number of ether oxygens (including phenoxy) is 1. The molecule has 8 heteroatoms. The van der Waals surface area contributed by atoms with Crippen LogP contribution in [0.5, 0.6) is 0 Å². The molecule has 1 aliphatic heterocycles. The highest BCUT2D eigenvalue weighted by Gasteiger charge is 2.26. The molecule has 2 N–H and O–H groups in total. The molecule has 1 rings (SSSR count).